The molecule has 0 saturated carbocycles. The SMILES string of the molecule is CN(Cc1cc(C#CCN)cs1)C(=O)Cn1cccn1. The number of hydrogen-bond donors (Lipinski definition) is 1. The highest BCUT2D eigenvalue weighted by molar-refractivity contribution is 7.10. The summed E-state index contributed by atoms with van der Waals surface area (Å²) in [5, 5.41) is 6.00. The van der Waals surface area contributed by atoms with Gasteiger partial charge < -0.3 is 10.6 Å². The average Bonchev–Trinajstić information content (AvgIpc) is 3.08. The van der Waals surface area contributed by atoms with Gasteiger partial charge in [0, 0.05) is 35.3 Å². The summed E-state index contributed by atoms with van der Waals surface area (Å²) in [4.78, 5) is 14.8. The number of likely N-dealkylation sites (N-methyl/N-ethyl adjacent to an activating group) is 1. The first-order chi connectivity index (χ1) is 9.69. The van der Waals surface area contributed by atoms with E-state index in [2.05, 4.69) is 16.9 Å². The van der Waals surface area contributed by atoms with Crippen LogP contribution >= 0.6 is 11.3 Å². The van der Waals surface area contributed by atoms with Gasteiger partial charge in [-0.05, 0) is 12.1 Å². The minimum absolute atomic E-state index is 0.0247. The molecule has 5 nitrogen and oxygen atoms in total. The van der Waals surface area contributed by atoms with Crippen molar-refractivity contribution in [3.63, 3.8) is 0 Å². The molecule has 2 aromatic rings. The van der Waals surface area contributed by atoms with Gasteiger partial charge in [0.05, 0.1) is 13.1 Å². The first-order valence-corrected chi connectivity index (χ1v) is 7.04. The normalized spacial score (nSPS) is 9.90. The number of carbonyl (C=O) groups excluding carboxylic acids is 1. The third-order valence-corrected chi connectivity index (χ3v) is 3.59. The van der Waals surface area contributed by atoms with E-state index >= 15 is 0 Å². The van der Waals surface area contributed by atoms with Gasteiger partial charge in [0.25, 0.3) is 0 Å². The molecule has 6 heteroatoms. The maximum Gasteiger partial charge on any atom is 0.244 e. The third-order valence-electron chi connectivity index (χ3n) is 2.66. The zero-order valence-corrected chi connectivity index (χ0v) is 12.1. The van der Waals surface area contributed by atoms with Gasteiger partial charge in [0.1, 0.15) is 6.54 Å². The molecule has 2 aromatic heterocycles. The van der Waals surface area contributed by atoms with Crippen molar-refractivity contribution in [2.45, 2.75) is 13.1 Å². The number of nitrogens with zero attached hydrogens (tertiary/aromatic N) is 3. The van der Waals surface area contributed by atoms with Gasteiger partial charge in [-0.15, -0.1) is 11.3 Å². The second kappa shape index (κ2) is 6.89. The number of hydrogen-bond acceptors (Lipinski definition) is 4. The summed E-state index contributed by atoms with van der Waals surface area (Å²) in [6, 6.07) is 3.79. The monoisotopic (exact) mass is 288 g/mol. The molecule has 0 aliphatic rings. The van der Waals surface area contributed by atoms with Crippen LogP contribution in [0.2, 0.25) is 0 Å². The van der Waals surface area contributed by atoms with Crippen LogP contribution in [0.5, 0.6) is 0 Å². The third kappa shape index (κ3) is 3.95. The molecule has 0 aliphatic heterocycles. The predicted octanol–water partition coefficient (Wildman–Crippen LogP) is 0.913. The molecule has 0 bridgehead atoms. The number of carbonyl (C=O) groups is 1. The van der Waals surface area contributed by atoms with Gasteiger partial charge in [0.2, 0.25) is 5.91 Å². The molecule has 0 unspecified atom stereocenters. The van der Waals surface area contributed by atoms with Crippen molar-refractivity contribution < 1.29 is 4.79 Å². The molecule has 0 atom stereocenters. The van der Waals surface area contributed by atoms with E-state index < -0.39 is 0 Å². The zero-order valence-electron chi connectivity index (χ0n) is 11.2. The summed E-state index contributed by atoms with van der Waals surface area (Å²) in [5.41, 5.74) is 6.28. The number of thiophene rings is 1. The van der Waals surface area contributed by atoms with Crippen molar-refractivity contribution in [3.8, 4) is 11.8 Å². The van der Waals surface area contributed by atoms with E-state index in [9.17, 15) is 4.79 Å². The first kappa shape index (κ1) is 14.3. The maximum atomic E-state index is 12.0. The Balaban J connectivity index is 1.92. The Hall–Kier alpha value is -2.10. The quantitative estimate of drug-likeness (QED) is 0.851. The Morgan fingerprint density at radius 2 is 2.45 bits per heavy atom. The highest BCUT2D eigenvalue weighted by Gasteiger charge is 2.11. The summed E-state index contributed by atoms with van der Waals surface area (Å²) in [7, 11) is 1.79. The van der Waals surface area contributed by atoms with Crippen LogP contribution in [0.4, 0.5) is 0 Å². The van der Waals surface area contributed by atoms with Crippen molar-refractivity contribution in [3.05, 3.63) is 40.3 Å². The van der Waals surface area contributed by atoms with Gasteiger partial charge in [-0.25, -0.2) is 0 Å². The van der Waals surface area contributed by atoms with Crippen LogP contribution in [0.25, 0.3) is 0 Å². The second-order valence-corrected chi connectivity index (χ2v) is 5.26. The fraction of sp³-hybridized carbons (Fsp3) is 0.286. The molecule has 0 fully saturated rings. The minimum Gasteiger partial charge on any atom is -0.339 e. The molecule has 2 heterocycles. The Labute approximate surface area is 122 Å². The van der Waals surface area contributed by atoms with Crippen molar-refractivity contribution in [1.29, 1.82) is 0 Å². The first-order valence-electron chi connectivity index (χ1n) is 6.17. The number of amides is 1. The van der Waals surface area contributed by atoms with Gasteiger partial charge >= 0.3 is 0 Å². The molecule has 0 saturated heterocycles. The van der Waals surface area contributed by atoms with Crippen LogP contribution in [0.15, 0.2) is 29.9 Å². The lowest BCUT2D eigenvalue weighted by Crippen LogP contribution is -2.29. The zero-order chi connectivity index (χ0) is 14.4. The van der Waals surface area contributed by atoms with Gasteiger partial charge in [-0.2, -0.15) is 5.10 Å². The van der Waals surface area contributed by atoms with Crippen LogP contribution in [0.3, 0.4) is 0 Å². The number of aromatic nitrogens is 2. The Bertz CT molecular complexity index is 621. The predicted molar refractivity (Wildman–Crippen MR) is 79.0 cm³/mol. The molecular weight excluding hydrogens is 272 g/mol. The molecular formula is C14H16N4OS. The lowest BCUT2D eigenvalue weighted by molar-refractivity contribution is -0.131. The Morgan fingerprint density at radius 3 is 3.15 bits per heavy atom. The van der Waals surface area contributed by atoms with Crippen molar-refractivity contribution in [2.75, 3.05) is 13.6 Å². The summed E-state index contributed by atoms with van der Waals surface area (Å²) < 4.78 is 1.62. The van der Waals surface area contributed by atoms with Crippen molar-refractivity contribution in [2.24, 2.45) is 5.73 Å². The lowest BCUT2D eigenvalue weighted by Gasteiger charge is -2.16. The molecule has 0 radical (unpaired) electrons. The summed E-state index contributed by atoms with van der Waals surface area (Å²) >= 11 is 1.59. The molecule has 2 rings (SSSR count). The lowest BCUT2D eigenvalue weighted by atomic mass is 10.3. The molecule has 0 aromatic carbocycles. The highest BCUT2D eigenvalue weighted by atomic mass is 32.1. The van der Waals surface area contributed by atoms with Crippen LogP contribution < -0.4 is 5.73 Å². The van der Waals surface area contributed by atoms with Crippen LogP contribution in [-0.4, -0.2) is 34.2 Å². The molecule has 0 spiro atoms. The summed E-state index contributed by atoms with van der Waals surface area (Å²) in [5.74, 6) is 5.82. The fourth-order valence-electron chi connectivity index (χ4n) is 1.66. The van der Waals surface area contributed by atoms with Gasteiger partial charge in [-0.1, -0.05) is 11.8 Å². The molecule has 104 valence electrons. The summed E-state index contributed by atoms with van der Waals surface area (Å²) in [6.45, 7) is 1.19. The van der Waals surface area contributed by atoms with E-state index in [0.29, 0.717) is 13.1 Å². The number of nitrogens with two attached hydrogens (primary N) is 1. The molecule has 1 amide bonds. The molecule has 20 heavy (non-hydrogen) atoms. The average molecular weight is 288 g/mol. The smallest absolute Gasteiger partial charge is 0.244 e. The van der Waals surface area contributed by atoms with Gasteiger partial charge in [-0.3, -0.25) is 9.48 Å². The van der Waals surface area contributed by atoms with Crippen molar-refractivity contribution in [1.82, 2.24) is 14.7 Å². The topological polar surface area (TPSA) is 64.2 Å². The molecule has 2 N–H and O–H groups in total. The van der Waals surface area contributed by atoms with E-state index in [0.717, 1.165) is 10.4 Å². The Kier molecular flexibility index (Phi) is 4.93. The Morgan fingerprint density at radius 1 is 1.60 bits per heavy atom. The van der Waals surface area contributed by atoms with Crippen LogP contribution in [0, 0.1) is 11.8 Å². The van der Waals surface area contributed by atoms with Crippen molar-refractivity contribution >= 4 is 17.2 Å². The fourth-order valence-corrected chi connectivity index (χ4v) is 2.53. The van der Waals surface area contributed by atoms with E-state index in [4.69, 9.17) is 5.73 Å². The summed E-state index contributed by atoms with van der Waals surface area (Å²) in [6.07, 6.45) is 3.44. The van der Waals surface area contributed by atoms with E-state index in [1.54, 1.807) is 46.4 Å². The van der Waals surface area contributed by atoms with Gasteiger partial charge in [0.15, 0.2) is 0 Å². The van der Waals surface area contributed by atoms with E-state index in [1.165, 1.54) is 0 Å². The highest BCUT2D eigenvalue weighted by Crippen LogP contribution is 2.15. The van der Waals surface area contributed by atoms with Crippen LogP contribution in [-0.2, 0) is 17.9 Å². The number of rotatable bonds is 4. The maximum absolute atomic E-state index is 12.0. The standard InChI is InChI=1S/C14H16N4OS/c1-17(14(19)10-18-7-3-6-16-18)9-13-8-12(11-20-13)4-2-5-15/h3,6-8,11H,5,9-10,15H2,1H3. The van der Waals surface area contributed by atoms with E-state index in [-0.39, 0.29) is 12.5 Å². The largest absolute Gasteiger partial charge is 0.339 e. The molecule has 0 aliphatic carbocycles. The van der Waals surface area contributed by atoms with E-state index in [1.807, 2.05) is 11.4 Å². The van der Waals surface area contributed by atoms with Crippen LogP contribution in [0.1, 0.15) is 10.4 Å². The minimum atomic E-state index is 0.0247. The second-order valence-electron chi connectivity index (χ2n) is 4.26.